The summed E-state index contributed by atoms with van der Waals surface area (Å²) in [7, 11) is -6.29. The highest BCUT2D eigenvalue weighted by Crippen LogP contribution is 2.20. The Labute approximate surface area is 166 Å². The van der Waals surface area contributed by atoms with Crippen LogP contribution in [0.4, 0.5) is 13.2 Å². The van der Waals surface area contributed by atoms with Crippen LogP contribution in [0, 0.1) is 0 Å². The Morgan fingerprint density at radius 2 is 1.72 bits per heavy atom. The number of hydrogen-bond acceptors (Lipinski definition) is 6. The van der Waals surface area contributed by atoms with Gasteiger partial charge in [-0.05, 0) is 5.56 Å². The van der Waals surface area contributed by atoms with Crippen molar-refractivity contribution in [3.05, 3.63) is 54.6 Å². The fraction of sp³-hybridized carbons (Fsp3) is 0.400. The minimum absolute atomic E-state index is 0.303. The maximum Gasteiger partial charge on any atom is 0.485 e. The lowest BCUT2D eigenvalue weighted by molar-refractivity contribution is -0.670. The first-order chi connectivity index (χ1) is 13.2. The number of halogens is 3. The second-order valence-electron chi connectivity index (χ2n) is 5.68. The van der Waals surface area contributed by atoms with Crippen LogP contribution in [-0.2, 0) is 38.7 Å². The summed E-state index contributed by atoms with van der Waals surface area (Å²) >= 11 is 0. The molecule has 0 N–H and O–H groups in total. The van der Waals surface area contributed by atoms with Gasteiger partial charge in [0.05, 0.1) is 20.3 Å². The number of rotatable bonds is 7. The summed E-state index contributed by atoms with van der Waals surface area (Å²) in [6, 6.07) is 9.78. The van der Waals surface area contributed by atoms with Crippen LogP contribution in [0.15, 0.2) is 49.1 Å². The number of ether oxygens (including phenoxy) is 1. The fourth-order valence-corrected chi connectivity index (χ4v) is 2.90. The molecule has 2 rings (SSSR count). The number of aryl methyl sites for hydroxylation is 1. The number of benzene rings is 1. The molecule has 0 aliphatic heterocycles. The predicted molar refractivity (Wildman–Crippen MR) is 94.4 cm³/mol. The third kappa shape index (κ3) is 8.10. The van der Waals surface area contributed by atoms with Crippen molar-refractivity contribution in [3.63, 3.8) is 0 Å². The quantitative estimate of drug-likeness (QED) is 0.260. The average molecular weight is 459 g/mol. The number of alkyl halides is 3. The molecule has 1 aromatic carbocycles. The predicted octanol–water partition coefficient (Wildman–Crippen LogP) is 0.605. The van der Waals surface area contributed by atoms with Crippen LogP contribution in [0.25, 0.3) is 0 Å². The van der Waals surface area contributed by atoms with E-state index in [0.717, 1.165) is 5.56 Å². The molecule has 9 nitrogen and oxygen atoms in total. The number of hydrogen-bond donors (Lipinski definition) is 0. The molecular formula is C15H20F3N3O6S2. The van der Waals surface area contributed by atoms with Crippen molar-refractivity contribution in [3.8, 4) is 0 Å². The molecule has 1 heterocycles. The lowest BCUT2D eigenvalue weighted by atomic mass is 10.2. The maximum atomic E-state index is 12.2. The molecule has 0 atom stereocenters. The van der Waals surface area contributed by atoms with Crippen LogP contribution in [-0.4, -0.2) is 55.4 Å². The second-order valence-corrected chi connectivity index (χ2v) is 8.99. The van der Waals surface area contributed by atoms with Gasteiger partial charge in [0.1, 0.15) is 12.4 Å². The molecule has 29 heavy (non-hydrogen) atoms. The van der Waals surface area contributed by atoms with Crippen LogP contribution in [0.1, 0.15) is 5.56 Å². The molecule has 2 aromatic rings. The third-order valence-electron chi connectivity index (χ3n) is 3.35. The molecule has 164 valence electrons. The van der Waals surface area contributed by atoms with Crippen molar-refractivity contribution in [1.29, 1.82) is 0 Å². The van der Waals surface area contributed by atoms with Gasteiger partial charge in [-0.1, -0.05) is 30.3 Å². The van der Waals surface area contributed by atoms with Gasteiger partial charge in [-0.2, -0.15) is 25.9 Å². The number of imidazole rings is 1. The Bertz CT molecular complexity index is 976. The molecule has 0 radical (unpaired) electrons. The van der Waals surface area contributed by atoms with E-state index in [1.54, 1.807) is 24.9 Å². The molecule has 0 aliphatic carbocycles. The highest BCUT2D eigenvalue weighted by Gasteiger charge is 2.36. The van der Waals surface area contributed by atoms with Gasteiger partial charge < -0.3 is 9.29 Å². The summed E-state index contributed by atoms with van der Waals surface area (Å²) in [5, 5.41) is 0. The molecule has 0 bridgehead atoms. The summed E-state index contributed by atoms with van der Waals surface area (Å²) < 4.78 is 93.0. The van der Waals surface area contributed by atoms with E-state index in [0.29, 0.717) is 19.8 Å². The van der Waals surface area contributed by atoms with E-state index in [2.05, 4.69) is 0 Å². The summed E-state index contributed by atoms with van der Waals surface area (Å²) in [5.74, 6) is 0. The van der Waals surface area contributed by atoms with Crippen molar-refractivity contribution in [2.45, 2.75) is 12.1 Å². The van der Waals surface area contributed by atoms with Crippen molar-refractivity contribution in [2.75, 3.05) is 20.2 Å². The van der Waals surface area contributed by atoms with Crippen molar-refractivity contribution < 1.29 is 43.9 Å². The Kier molecular flexibility index (Phi) is 8.77. The molecule has 0 spiro atoms. The van der Waals surface area contributed by atoms with Crippen LogP contribution in [0.3, 0.4) is 0 Å². The van der Waals surface area contributed by atoms with Gasteiger partial charge in [-0.25, -0.2) is 13.0 Å². The Balaban J connectivity index is 0.000000447. The molecule has 0 aliphatic rings. The van der Waals surface area contributed by atoms with Gasteiger partial charge in [-0.15, -0.1) is 3.97 Å². The molecule has 0 unspecified atom stereocenters. The largest absolute Gasteiger partial charge is 0.741 e. The standard InChI is InChI=1S/C14H20N3O3S.CHF3O3S/c1-15-8-9-17(13-15)21(18,19)16(2)10-11-20-12-14-6-4-3-5-7-14;2-1(3,4)8(5,6)7/h3-9,13H,10-12H2,1-2H3;(H,5,6,7)/q+1;/p-1. The number of nitrogens with zero attached hydrogens (tertiary/aromatic N) is 3. The zero-order chi connectivity index (χ0) is 22.3. The Hall–Kier alpha value is -2.00. The van der Waals surface area contributed by atoms with Gasteiger partial charge >= 0.3 is 15.7 Å². The summed E-state index contributed by atoms with van der Waals surface area (Å²) in [6.07, 6.45) is 4.70. The Morgan fingerprint density at radius 3 is 2.17 bits per heavy atom. The summed E-state index contributed by atoms with van der Waals surface area (Å²) in [4.78, 5) is 0. The first-order valence-electron chi connectivity index (χ1n) is 7.89. The van der Waals surface area contributed by atoms with Gasteiger partial charge in [-0.3, -0.25) is 0 Å². The van der Waals surface area contributed by atoms with Crippen molar-refractivity contribution in [1.82, 2.24) is 8.28 Å². The SMILES string of the molecule is CN(CCOCc1ccccc1)S(=O)(=O)n1cc[n+](C)c1.O=S(=O)([O-])C(F)(F)F. The fourth-order valence-electron chi connectivity index (χ4n) is 1.80. The van der Waals surface area contributed by atoms with E-state index in [4.69, 9.17) is 17.7 Å². The zero-order valence-electron chi connectivity index (χ0n) is 15.5. The van der Waals surface area contributed by atoms with Gasteiger partial charge in [0, 0.05) is 13.6 Å². The van der Waals surface area contributed by atoms with Crippen LogP contribution >= 0.6 is 0 Å². The molecule has 1 aromatic heterocycles. The van der Waals surface area contributed by atoms with Gasteiger partial charge in [0.15, 0.2) is 10.1 Å². The topological polar surface area (TPSA) is 113 Å². The normalized spacial score (nSPS) is 12.5. The highest BCUT2D eigenvalue weighted by molar-refractivity contribution is 7.87. The van der Waals surface area contributed by atoms with Crippen LogP contribution in [0.5, 0.6) is 0 Å². The highest BCUT2D eigenvalue weighted by atomic mass is 32.2. The van der Waals surface area contributed by atoms with E-state index < -0.39 is 25.8 Å². The third-order valence-corrected chi connectivity index (χ3v) is 5.64. The monoisotopic (exact) mass is 459 g/mol. The average Bonchev–Trinajstić information content (AvgIpc) is 3.05. The van der Waals surface area contributed by atoms with E-state index in [9.17, 15) is 21.6 Å². The van der Waals surface area contributed by atoms with Crippen molar-refractivity contribution >= 4 is 20.3 Å². The first kappa shape index (κ1) is 25.0. The van der Waals surface area contributed by atoms with E-state index >= 15 is 0 Å². The van der Waals surface area contributed by atoms with Crippen LogP contribution < -0.4 is 4.57 Å². The maximum absolute atomic E-state index is 12.2. The van der Waals surface area contributed by atoms with E-state index in [1.165, 1.54) is 20.8 Å². The second kappa shape index (κ2) is 10.2. The lowest BCUT2D eigenvalue weighted by Gasteiger charge is -2.14. The minimum Gasteiger partial charge on any atom is -0.741 e. The molecular weight excluding hydrogens is 439 g/mol. The zero-order valence-corrected chi connectivity index (χ0v) is 17.1. The van der Waals surface area contributed by atoms with E-state index in [1.807, 2.05) is 30.3 Å². The molecule has 0 saturated heterocycles. The summed E-state index contributed by atoms with van der Waals surface area (Å²) in [6.45, 7) is 1.13. The molecule has 14 heteroatoms. The van der Waals surface area contributed by atoms with Crippen molar-refractivity contribution in [2.24, 2.45) is 7.05 Å². The summed E-state index contributed by atoms with van der Waals surface area (Å²) in [5.41, 5.74) is -4.58. The molecule has 0 saturated carbocycles. The molecule has 0 fully saturated rings. The number of aromatic nitrogens is 2. The smallest absolute Gasteiger partial charge is 0.485 e. The Morgan fingerprint density at radius 1 is 1.17 bits per heavy atom. The van der Waals surface area contributed by atoms with Gasteiger partial charge in [0.25, 0.3) is 6.33 Å². The van der Waals surface area contributed by atoms with Gasteiger partial charge in [0.2, 0.25) is 0 Å². The van der Waals surface area contributed by atoms with Crippen LogP contribution in [0.2, 0.25) is 0 Å². The minimum atomic E-state index is -6.09. The number of likely N-dealkylation sites (N-methyl/N-ethyl adjacent to an activating group) is 1. The lowest BCUT2D eigenvalue weighted by Crippen LogP contribution is -2.35. The van der Waals surface area contributed by atoms with E-state index in [-0.39, 0.29) is 0 Å². The first-order valence-corrected chi connectivity index (χ1v) is 10.7. The molecule has 0 amide bonds.